The number of carbonyl (C=O) groups is 1. The van der Waals surface area contributed by atoms with E-state index >= 15 is 0 Å². The molecule has 0 saturated carbocycles. The van der Waals surface area contributed by atoms with Crippen LogP contribution in [0, 0.1) is 18.3 Å². The van der Waals surface area contributed by atoms with Crippen molar-refractivity contribution in [2.75, 3.05) is 26.2 Å². The van der Waals surface area contributed by atoms with Crippen molar-refractivity contribution in [3.63, 3.8) is 0 Å². The van der Waals surface area contributed by atoms with E-state index in [1.165, 1.54) is 11.3 Å². The minimum atomic E-state index is 0.0705. The van der Waals surface area contributed by atoms with Crippen LogP contribution in [0.3, 0.4) is 0 Å². The van der Waals surface area contributed by atoms with E-state index in [1.54, 1.807) is 6.07 Å². The van der Waals surface area contributed by atoms with Gasteiger partial charge in [-0.15, -0.1) is 11.3 Å². The van der Waals surface area contributed by atoms with E-state index in [4.69, 9.17) is 5.26 Å². The Hall–Kier alpha value is -2.23. The minimum absolute atomic E-state index is 0.0705. The molecular weight excluding hydrogens is 332 g/mol. The first-order valence-corrected chi connectivity index (χ1v) is 9.32. The highest BCUT2D eigenvalue weighted by atomic mass is 32.1. The van der Waals surface area contributed by atoms with E-state index in [-0.39, 0.29) is 5.91 Å². The molecular formula is C19H22N4OS. The summed E-state index contributed by atoms with van der Waals surface area (Å²) < 4.78 is 0. The van der Waals surface area contributed by atoms with Gasteiger partial charge >= 0.3 is 0 Å². The largest absolute Gasteiger partial charge is 0.335 e. The van der Waals surface area contributed by atoms with Crippen molar-refractivity contribution >= 4 is 17.2 Å². The Kier molecular flexibility index (Phi) is 5.16. The van der Waals surface area contributed by atoms with Gasteiger partial charge in [0.25, 0.3) is 5.91 Å². The second kappa shape index (κ2) is 7.34. The number of nitrogens with zero attached hydrogens (tertiary/aromatic N) is 4. The van der Waals surface area contributed by atoms with Crippen LogP contribution in [0.1, 0.15) is 34.8 Å². The van der Waals surface area contributed by atoms with Crippen molar-refractivity contribution < 1.29 is 4.79 Å². The summed E-state index contributed by atoms with van der Waals surface area (Å²) in [5.74, 6) is 0.0705. The monoisotopic (exact) mass is 354 g/mol. The van der Waals surface area contributed by atoms with Gasteiger partial charge in [0.05, 0.1) is 17.3 Å². The summed E-state index contributed by atoms with van der Waals surface area (Å²) in [6, 6.07) is 10.0. The summed E-state index contributed by atoms with van der Waals surface area (Å²) in [7, 11) is 0. The van der Waals surface area contributed by atoms with Gasteiger partial charge in [0.2, 0.25) is 0 Å². The van der Waals surface area contributed by atoms with Crippen LogP contribution in [0.5, 0.6) is 0 Å². The Morgan fingerprint density at radius 3 is 2.64 bits per heavy atom. The molecule has 1 aromatic carbocycles. The molecule has 130 valence electrons. The number of aromatic nitrogens is 1. The van der Waals surface area contributed by atoms with Gasteiger partial charge in [0.1, 0.15) is 9.88 Å². The molecule has 3 rings (SSSR count). The van der Waals surface area contributed by atoms with Crippen molar-refractivity contribution in [3.05, 3.63) is 40.4 Å². The molecule has 0 unspecified atom stereocenters. The lowest BCUT2D eigenvalue weighted by Gasteiger charge is -2.36. The second-order valence-corrected chi connectivity index (χ2v) is 7.55. The van der Waals surface area contributed by atoms with Gasteiger partial charge in [-0.1, -0.05) is 12.1 Å². The maximum atomic E-state index is 12.9. The van der Waals surface area contributed by atoms with Crippen molar-refractivity contribution in [2.24, 2.45) is 0 Å². The zero-order chi connectivity index (χ0) is 18.0. The van der Waals surface area contributed by atoms with Crippen molar-refractivity contribution in [1.29, 1.82) is 5.26 Å². The Balaban J connectivity index is 1.78. The molecule has 1 saturated heterocycles. The average molecular weight is 354 g/mol. The zero-order valence-corrected chi connectivity index (χ0v) is 15.6. The summed E-state index contributed by atoms with van der Waals surface area (Å²) in [5, 5.41) is 9.85. The highest BCUT2D eigenvalue weighted by Gasteiger charge is 2.26. The molecule has 1 aromatic heterocycles. The van der Waals surface area contributed by atoms with Gasteiger partial charge in [-0.25, -0.2) is 4.98 Å². The van der Waals surface area contributed by atoms with E-state index in [0.29, 0.717) is 16.5 Å². The lowest BCUT2D eigenvalue weighted by molar-refractivity contribution is 0.0599. The lowest BCUT2D eigenvalue weighted by atomic mass is 10.1. The van der Waals surface area contributed by atoms with Gasteiger partial charge in [-0.05, 0) is 32.9 Å². The predicted octanol–water partition coefficient (Wildman–Crippen LogP) is 3.16. The fourth-order valence-corrected chi connectivity index (χ4v) is 4.06. The van der Waals surface area contributed by atoms with Gasteiger partial charge in [-0.2, -0.15) is 5.26 Å². The first-order chi connectivity index (χ1) is 12.0. The van der Waals surface area contributed by atoms with Crippen LogP contribution in [0.15, 0.2) is 24.3 Å². The van der Waals surface area contributed by atoms with Crippen LogP contribution >= 0.6 is 11.3 Å². The first-order valence-electron chi connectivity index (χ1n) is 8.51. The molecule has 1 fully saturated rings. The third-order valence-corrected chi connectivity index (χ3v) is 5.76. The lowest BCUT2D eigenvalue weighted by Crippen LogP contribution is -2.50. The molecule has 0 N–H and O–H groups in total. The van der Waals surface area contributed by atoms with Crippen molar-refractivity contribution in [1.82, 2.24) is 14.8 Å². The molecule has 2 heterocycles. The number of hydrogen-bond donors (Lipinski definition) is 0. The third-order valence-electron chi connectivity index (χ3n) is 4.56. The van der Waals surface area contributed by atoms with Crippen LogP contribution in [-0.2, 0) is 0 Å². The van der Waals surface area contributed by atoms with E-state index < -0.39 is 0 Å². The number of piperazine rings is 1. The Labute approximate surface area is 152 Å². The van der Waals surface area contributed by atoms with Gasteiger partial charge in [0.15, 0.2) is 0 Å². The molecule has 0 atom stereocenters. The molecule has 25 heavy (non-hydrogen) atoms. The SMILES string of the molecule is Cc1nc(-c2cccc(C#N)c2)sc1C(=O)N1CCN(C(C)C)CC1. The maximum Gasteiger partial charge on any atom is 0.265 e. The fraction of sp³-hybridized carbons (Fsp3) is 0.421. The molecule has 5 nitrogen and oxygen atoms in total. The van der Waals surface area contributed by atoms with Crippen LogP contribution in [-0.4, -0.2) is 52.9 Å². The van der Waals surface area contributed by atoms with E-state index in [9.17, 15) is 4.79 Å². The molecule has 6 heteroatoms. The first kappa shape index (κ1) is 17.6. The van der Waals surface area contributed by atoms with Crippen LogP contribution in [0.4, 0.5) is 0 Å². The van der Waals surface area contributed by atoms with Crippen LogP contribution in [0.2, 0.25) is 0 Å². The molecule has 0 aliphatic carbocycles. The number of hydrogen-bond acceptors (Lipinski definition) is 5. The number of amides is 1. The standard InChI is InChI=1S/C19H22N4OS/c1-13(2)22-7-9-23(10-8-22)19(24)17-14(3)21-18(25-17)16-6-4-5-15(11-16)12-20/h4-6,11,13H,7-10H2,1-3H3. The Morgan fingerprint density at radius 2 is 2.00 bits per heavy atom. The fourth-order valence-electron chi connectivity index (χ4n) is 3.03. The smallest absolute Gasteiger partial charge is 0.265 e. The Bertz CT molecular complexity index is 813. The summed E-state index contributed by atoms with van der Waals surface area (Å²) in [6.45, 7) is 9.60. The molecule has 1 aliphatic heterocycles. The number of carbonyl (C=O) groups excluding carboxylic acids is 1. The van der Waals surface area contributed by atoms with Crippen LogP contribution < -0.4 is 0 Å². The van der Waals surface area contributed by atoms with Gasteiger partial charge in [-0.3, -0.25) is 9.69 Å². The second-order valence-electron chi connectivity index (χ2n) is 6.55. The number of benzene rings is 1. The number of thiazole rings is 1. The maximum absolute atomic E-state index is 12.9. The quantitative estimate of drug-likeness (QED) is 0.849. The zero-order valence-electron chi connectivity index (χ0n) is 14.8. The topological polar surface area (TPSA) is 60.2 Å². The molecule has 1 amide bonds. The summed E-state index contributed by atoms with van der Waals surface area (Å²) in [4.78, 5) is 22.5. The molecule has 0 radical (unpaired) electrons. The van der Waals surface area contributed by atoms with E-state index in [2.05, 4.69) is 29.8 Å². The molecule has 1 aliphatic rings. The number of aryl methyl sites for hydroxylation is 1. The molecule has 0 spiro atoms. The number of nitriles is 1. The highest BCUT2D eigenvalue weighted by Crippen LogP contribution is 2.29. The summed E-state index contributed by atoms with van der Waals surface area (Å²) in [5.41, 5.74) is 2.25. The van der Waals surface area contributed by atoms with Gasteiger partial charge < -0.3 is 4.90 Å². The molecule has 2 aromatic rings. The van der Waals surface area contributed by atoms with Crippen molar-refractivity contribution in [3.8, 4) is 16.6 Å². The predicted molar refractivity (Wildman–Crippen MR) is 99.6 cm³/mol. The minimum Gasteiger partial charge on any atom is -0.335 e. The highest BCUT2D eigenvalue weighted by molar-refractivity contribution is 7.17. The average Bonchev–Trinajstić information content (AvgIpc) is 3.03. The Morgan fingerprint density at radius 1 is 1.28 bits per heavy atom. The van der Waals surface area contributed by atoms with Crippen LogP contribution in [0.25, 0.3) is 10.6 Å². The summed E-state index contributed by atoms with van der Waals surface area (Å²) in [6.07, 6.45) is 0. The third kappa shape index (κ3) is 3.73. The van der Waals surface area contributed by atoms with Crippen molar-refractivity contribution in [2.45, 2.75) is 26.8 Å². The van der Waals surface area contributed by atoms with E-state index in [0.717, 1.165) is 42.4 Å². The number of rotatable bonds is 3. The summed E-state index contributed by atoms with van der Waals surface area (Å²) >= 11 is 1.42. The molecule has 0 bridgehead atoms. The normalized spacial score (nSPS) is 15.4. The van der Waals surface area contributed by atoms with E-state index in [1.807, 2.05) is 30.0 Å². The van der Waals surface area contributed by atoms with Gasteiger partial charge in [0, 0.05) is 37.8 Å².